The smallest absolute Gasteiger partial charge is 0.0144 e. The third kappa shape index (κ3) is 2.67. The third-order valence-electron chi connectivity index (χ3n) is 0.799. The molecule has 0 aliphatic heterocycles. The molecule has 0 amide bonds. The van der Waals surface area contributed by atoms with Crippen molar-refractivity contribution in [2.45, 2.75) is 26.3 Å². The maximum absolute atomic E-state index is 3.12. The highest BCUT2D eigenvalue weighted by Gasteiger charge is 1.88. The van der Waals surface area contributed by atoms with Crippen LogP contribution < -0.4 is 4.34 Å². The first-order valence-corrected chi connectivity index (χ1v) is 2.96. The van der Waals surface area contributed by atoms with Crippen molar-refractivity contribution < 1.29 is 0 Å². The van der Waals surface area contributed by atoms with E-state index in [-0.39, 0.29) is 0 Å². The van der Waals surface area contributed by atoms with Crippen LogP contribution in [0.5, 0.6) is 0 Å². The first-order chi connectivity index (χ1) is 2.81. The summed E-state index contributed by atoms with van der Waals surface area (Å²) in [5.74, 6) is 0. The minimum Gasteiger partial charge on any atom is -0.253 e. The molecule has 0 aromatic carbocycles. The number of hydrogen-bond acceptors (Lipinski definition) is 1. The van der Waals surface area contributed by atoms with Crippen molar-refractivity contribution >= 4 is 16.1 Å². The molecule has 1 unspecified atom stereocenters. The average molecular weight is 152 g/mol. The van der Waals surface area contributed by atoms with Crippen LogP contribution in [0.15, 0.2) is 0 Å². The molecule has 0 bridgehead atoms. The Morgan fingerprint density at radius 3 is 2.33 bits per heavy atom. The molecule has 6 heavy (non-hydrogen) atoms. The Hall–Kier alpha value is 0.440. The number of nitrogens with one attached hydrogen (secondary N) is 1. The predicted octanol–water partition coefficient (Wildman–Crippen LogP) is 1.68. The van der Waals surface area contributed by atoms with Crippen LogP contribution in [0.2, 0.25) is 0 Å². The van der Waals surface area contributed by atoms with Crippen LogP contribution in [0, 0.1) is 0 Å². The van der Waals surface area contributed by atoms with Gasteiger partial charge in [0.25, 0.3) is 0 Å². The molecular formula is C4H10BrN. The van der Waals surface area contributed by atoms with Crippen molar-refractivity contribution in [1.82, 2.24) is 4.34 Å². The molecule has 1 atom stereocenters. The zero-order valence-electron chi connectivity index (χ0n) is 4.16. The third-order valence-corrected chi connectivity index (χ3v) is 1.58. The van der Waals surface area contributed by atoms with Crippen LogP contribution in [0.25, 0.3) is 0 Å². The largest absolute Gasteiger partial charge is 0.253 e. The summed E-state index contributed by atoms with van der Waals surface area (Å²) in [4.78, 5) is 0. The molecule has 0 fully saturated rings. The van der Waals surface area contributed by atoms with E-state index in [1.54, 1.807) is 0 Å². The average Bonchev–Trinajstić information content (AvgIpc) is 1.65. The molecule has 1 nitrogen and oxygen atoms in total. The van der Waals surface area contributed by atoms with Crippen molar-refractivity contribution in [3.63, 3.8) is 0 Å². The summed E-state index contributed by atoms with van der Waals surface area (Å²) in [6, 6.07) is 0.602. The Balaban J connectivity index is 2.75. The second-order valence-corrected chi connectivity index (χ2v) is 1.88. The Kier molecular flexibility index (Phi) is 3.89. The highest BCUT2D eigenvalue weighted by atomic mass is 79.9. The van der Waals surface area contributed by atoms with Crippen molar-refractivity contribution in [2.24, 2.45) is 0 Å². The lowest BCUT2D eigenvalue weighted by Gasteiger charge is -2.00. The topological polar surface area (TPSA) is 12.0 Å². The minimum atomic E-state index is 0.602. The van der Waals surface area contributed by atoms with Crippen molar-refractivity contribution in [3.05, 3.63) is 0 Å². The van der Waals surface area contributed by atoms with E-state index in [9.17, 15) is 0 Å². The molecule has 1 N–H and O–H groups in total. The van der Waals surface area contributed by atoms with Gasteiger partial charge in [0.15, 0.2) is 0 Å². The standard InChI is InChI=1S/C4H10BrN/c1-3-4(2)6-5/h4,6H,3H2,1-2H3. The normalized spacial score (nSPS) is 14.5. The fourth-order valence-corrected chi connectivity index (χ4v) is 0.401. The summed E-state index contributed by atoms with van der Waals surface area (Å²) in [7, 11) is 0. The van der Waals surface area contributed by atoms with Gasteiger partial charge in [-0.25, -0.2) is 0 Å². The van der Waals surface area contributed by atoms with Gasteiger partial charge in [0.1, 0.15) is 0 Å². The number of hydrogen-bond donors (Lipinski definition) is 1. The SMILES string of the molecule is CCC(C)NBr. The van der Waals surface area contributed by atoms with Gasteiger partial charge >= 0.3 is 0 Å². The second kappa shape index (κ2) is 3.62. The first-order valence-electron chi connectivity index (χ1n) is 2.17. The Labute approximate surface area is 47.5 Å². The highest BCUT2D eigenvalue weighted by Crippen LogP contribution is 1.87. The van der Waals surface area contributed by atoms with Crippen LogP contribution >= 0.6 is 16.1 Å². The summed E-state index contributed by atoms with van der Waals surface area (Å²) in [5.41, 5.74) is 0. The zero-order chi connectivity index (χ0) is 4.99. The van der Waals surface area contributed by atoms with Crippen LogP contribution in [0.3, 0.4) is 0 Å². The second-order valence-electron chi connectivity index (χ2n) is 1.42. The highest BCUT2D eigenvalue weighted by molar-refractivity contribution is 9.08. The summed E-state index contributed by atoms with van der Waals surface area (Å²) in [6.07, 6.45) is 1.17. The van der Waals surface area contributed by atoms with Crippen LogP contribution in [0.1, 0.15) is 20.3 Å². The molecule has 38 valence electrons. The summed E-state index contributed by atoms with van der Waals surface area (Å²) in [6.45, 7) is 4.26. The zero-order valence-corrected chi connectivity index (χ0v) is 5.75. The molecule has 0 aromatic heterocycles. The van der Waals surface area contributed by atoms with Gasteiger partial charge < -0.3 is 0 Å². The van der Waals surface area contributed by atoms with Gasteiger partial charge in [-0.3, -0.25) is 4.34 Å². The lowest BCUT2D eigenvalue weighted by Crippen LogP contribution is -2.12. The number of halogens is 1. The van der Waals surface area contributed by atoms with Crippen LogP contribution in [-0.2, 0) is 0 Å². The van der Waals surface area contributed by atoms with E-state index in [1.807, 2.05) is 0 Å². The molecule has 2 heteroatoms. The van der Waals surface area contributed by atoms with E-state index >= 15 is 0 Å². The van der Waals surface area contributed by atoms with E-state index < -0.39 is 0 Å². The van der Waals surface area contributed by atoms with Gasteiger partial charge in [0.2, 0.25) is 0 Å². The summed E-state index contributed by atoms with van der Waals surface area (Å²) >= 11 is 3.12. The molecule has 0 saturated heterocycles. The Bertz CT molecular complexity index is 26.7. The van der Waals surface area contributed by atoms with E-state index in [0.29, 0.717) is 6.04 Å². The minimum absolute atomic E-state index is 0.602. The molecule has 0 rings (SSSR count). The first kappa shape index (κ1) is 6.44. The van der Waals surface area contributed by atoms with Gasteiger partial charge in [-0.2, -0.15) is 0 Å². The maximum atomic E-state index is 3.12. The molecule has 0 aromatic rings. The molecular weight excluding hydrogens is 142 g/mol. The predicted molar refractivity (Wildman–Crippen MR) is 31.8 cm³/mol. The monoisotopic (exact) mass is 151 g/mol. The van der Waals surface area contributed by atoms with Gasteiger partial charge in [-0.15, -0.1) is 0 Å². The Morgan fingerprint density at radius 2 is 2.33 bits per heavy atom. The van der Waals surface area contributed by atoms with Crippen molar-refractivity contribution in [2.75, 3.05) is 0 Å². The lowest BCUT2D eigenvalue weighted by molar-refractivity contribution is 0.677. The quantitative estimate of drug-likeness (QED) is 0.593. The summed E-state index contributed by atoms with van der Waals surface area (Å²) < 4.78 is 2.93. The maximum Gasteiger partial charge on any atom is 0.0144 e. The van der Waals surface area contributed by atoms with Crippen LogP contribution in [0.4, 0.5) is 0 Å². The van der Waals surface area contributed by atoms with E-state index in [2.05, 4.69) is 34.3 Å². The fourth-order valence-electron chi connectivity index (χ4n) is 0.0772. The molecule has 0 spiro atoms. The molecule has 0 radical (unpaired) electrons. The Morgan fingerprint density at radius 1 is 1.83 bits per heavy atom. The molecule has 0 heterocycles. The van der Waals surface area contributed by atoms with Gasteiger partial charge in [0.05, 0.1) is 0 Å². The number of rotatable bonds is 2. The van der Waals surface area contributed by atoms with Gasteiger partial charge in [-0.1, -0.05) is 6.92 Å². The summed E-state index contributed by atoms with van der Waals surface area (Å²) in [5, 5.41) is 0. The van der Waals surface area contributed by atoms with E-state index in [1.165, 1.54) is 6.42 Å². The van der Waals surface area contributed by atoms with Crippen molar-refractivity contribution in [3.8, 4) is 0 Å². The van der Waals surface area contributed by atoms with E-state index in [0.717, 1.165) is 0 Å². The van der Waals surface area contributed by atoms with Gasteiger partial charge in [-0.05, 0) is 13.3 Å². The lowest BCUT2D eigenvalue weighted by atomic mass is 10.3. The molecule has 0 aliphatic carbocycles. The molecule has 0 saturated carbocycles. The molecule has 0 aliphatic rings. The fraction of sp³-hybridized carbons (Fsp3) is 1.00. The van der Waals surface area contributed by atoms with E-state index in [4.69, 9.17) is 0 Å². The van der Waals surface area contributed by atoms with Crippen LogP contribution in [-0.4, -0.2) is 6.04 Å². The van der Waals surface area contributed by atoms with Gasteiger partial charge in [0, 0.05) is 22.2 Å². The van der Waals surface area contributed by atoms with Crippen molar-refractivity contribution in [1.29, 1.82) is 0 Å².